The van der Waals surface area contributed by atoms with Gasteiger partial charge in [-0.2, -0.15) is 0 Å². The van der Waals surface area contributed by atoms with E-state index in [0.29, 0.717) is 18.8 Å². The number of ether oxygens (including phenoxy) is 4. The van der Waals surface area contributed by atoms with E-state index in [4.69, 9.17) is 18.9 Å². The molecular formula is C34H63N3O7. The molecule has 0 aromatic rings. The maximum absolute atomic E-state index is 14.2. The molecule has 0 saturated carbocycles. The van der Waals surface area contributed by atoms with Crippen molar-refractivity contribution in [3.05, 3.63) is 0 Å². The molecule has 44 heavy (non-hydrogen) atoms. The van der Waals surface area contributed by atoms with Crippen LogP contribution in [0.25, 0.3) is 0 Å². The summed E-state index contributed by atoms with van der Waals surface area (Å²) >= 11 is 0. The highest BCUT2D eigenvalue weighted by atomic mass is 16.7. The quantitative estimate of drug-likeness (QED) is 0.335. The summed E-state index contributed by atoms with van der Waals surface area (Å²) in [5, 5.41) is 11.3. The number of rotatable bonds is 7. The molecule has 10 heteroatoms. The van der Waals surface area contributed by atoms with E-state index in [1.807, 2.05) is 32.8 Å². The van der Waals surface area contributed by atoms with Crippen molar-refractivity contribution < 1.29 is 33.6 Å². The molecule has 3 aliphatic rings. The number of carbonyl (C=O) groups is 2. The number of piperidine rings is 1. The van der Waals surface area contributed by atoms with E-state index in [9.17, 15) is 14.7 Å². The minimum atomic E-state index is -1.39. The fraction of sp³-hybridized carbons (Fsp3) is 0.941. The Balaban J connectivity index is 1.97. The van der Waals surface area contributed by atoms with Gasteiger partial charge in [-0.25, -0.2) is 0 Å². The highest BCUT2D eigenvalue weighted by molar-refractivity contribution is 6.04. The summed E-state index contributed by atoms with van der Waals surface area (Å²) in [6.07, 6.45) is 1.72. The predicted molar refractivity (Wildman–Crippen MR) is 171 cm³/mol. The number of carbonyl (C=O) groups excluding carboxylic acids is 2. The number of cyclic esters (lactones) is 1. The largest absolute Gasteiger partial charge is 0.463 e. The lowest BCUT2D eigenvalue weighted by atomic mass is 9.74. The van der Waals surface area contributed by atoms with Crippen LogP contribution in [0.2, 0.25) is 0 Å². The molecule has 0 spiro atoms. The molecule has 3 saturated heterocycles. The number of hydrogen-bond donors (Lipinski definition) is 1. The number of aliphatic hydroxyl groups excluding tert-OH is 1. The second kappa shape index (κ2) is 15.6. The van der Waals surface area contributed by atoms with Crippen LogP contribution in [-0.2, 0) is 28.5 Å². The number of likely N-dealkylation sites (N-methyl/N-ethyl adjacent to an activating group) is 2. The maximum Gasteiger partial charge on any atom is 0.319 e. The van der Waals surface area contributed by atoms with Gasteiger partial charge in [0.25, 0.3) is 0 Å². The van der Waals surface area contributed by atoms with Crippen molar-refractivity contribution in [2.24, 2.45) is 23.2 Å². The molecule has 0 aromatic heterocycles. The standard InChI is InChI=1S/C34H63N3O7/c1-12-37-20-22(2)19-34(7,41-11)30(44-31-28(38)27(35(8)9)17-23(3)43-31)24(4)29(39)33(5,6)32(40)42-21-26(37)18-25-13-15-36(10)16-14-25/h22-28,30-31,38H,12-21H2,1-11H3/t22-,23-,24+,26-,27+,28-,30-,31+,34-/m1/s1. The van der Waals surface area contributed by atoms with Gasteiger partial charge in [-0.3, -0.25) is 14.5 Å². The summed E-state index contributed by atoms with van der Waals surface area (Å²) < 4.78 is 25.1. The minimum absolute atomic E-state index is 0.0694. The van der Waals surface area contributed by atoms with Crippen molar-refractivity contribution in [1.82, 2.24) is 14.7 Å². The number of aliphatic hydroxyl groups is 1. The number of ketones is 1. The molecule has 3 heterocycles. The van der Waals surface area contributed by atoms with Crippen LogP contribution in [0, 0.1) is 23.2 Å². The molecule has 0 bridgehead atoms. The van der Waals surface area contributed by atoms with Gasteiger partial charge in [0, 0.05) is 31.7 Å². The SMILES string of the molecule is CCN1C[C@H](C)C[C@@](C)(OC)[C@H](O[C@@H]2O[C@H](C)C[C@H](N(C)C)[C@H]2O)[C@@H](C)C(=O)C(C)(C)C(=O)OC[C@H]1CC1CCN(C)CC1. The Morgan fingerprint density at radius 3 is 2.30 bits per heavy atom. The molecule has 3 aliphatic heterocycles. The topological polar surface area (TPSA) is 101 Å². The van der Waals surface area contributed by atoms with E-state index in [2.05, 4.69) is 30.7 Å². The fourth-order valence-electron chi connectivity index (χ4n) is 7.76. The van der Waals surface area contributed by atoms with E-state index in [-0.39, 0.29) is 36.5 Å². The Morgan fingerprint density at radius 2 is 1.73 bits per heavy atom. The molecule has 3 fully saturated rings. The smallest absolute Gasteiger partial charge is 0.319 e. The number of likely N-dealkylation sites (tertiary alicyclic amines) is 1. The molecule has 1 N–H and O–H groups in total. The van der Waals surface area contributed by atoms with E-state index < -0.39 is 41.4 Å². The van der Waals surface area contributed by atoms with Crippen molar-refractivity contribution in [3.63, 3.8) is 0 Å². The third kappa shape index (κ3) is 8.81. The summed E-state index contributed by atoms with van der Waals surface area (Å²) in [6.45, 7) is 17.5. The van der Waals surface area contributed by atoms with Crippen LogP contribution in [0.3, 0.4) is 0 Å². The molecule has 0 aliphatic carbocycles. The van der Waals surface area contributed by atoms with E-state index >= 15 is 0 Å². The average molecular weight is 626 g/mol. The number of Topliss-reactive ketones (excluding diaryl/α,β-unsaturated/α-hetero) is 1. The van der Waals surface area contributed by atoms with Gasteiger partial charge in [-0.15, -0.1) is 0 Å². The van der Waals surface area contributed by atoms with Gasteiger partial charge >= 0.3 is 5.97 Å². The number of nitrogens with zero attached hydrogens (tertiary/aromatic N) is 3. The lowest BCUT2D eigenvalue weighted by Gasteiger charge is -2.47. The van der Waals surface area contributed by atoms with E-state index in [0.717, 1.165) is 45.4 Å². The lowest BCUT2D eigenvalue weighted by Crippen LogP contribution is -2.59. The first-order valence-electron chi connectivity index (χ1n) is 16.9. The molecular weight excluding hydrogens is 562 g/mol. The third-order valence-electron chi connectivity index (χ3n) is 10.7. The van der Waals surface area contributed by atoms with Crippen LogP contribution >= 0.6 is 0 Å². The molecule has 9 atom stereocenters. The minimum Gasteiger partial charge on any atom is -0.463 e. The molecule has 0 amide bonds. The van der Waals surface area contributed by atoms with Gasteiger partial charge in [-0.05, 0) is 112 Å². The monoisotopic (exact) mass is 625 g/mol. The van der Waals surface area contributed by atoms with E-state index in [1.165, 1.54) is 0 Å². The molecule has 0 radical (unpaired) electrons. The Kier molecular flexibility index (Phi) is 13.3. The van der Waals surface area contributed by atoms with Crippen LogP contribution < -0.4 is 0 Å². The second-order valence-electron chi connectivity index (χ2n) is 15.1. The van der Waals surface area contributed by atoms with Crippen molar-refractivity contribution >= 4 is 11.8 Å². The molecule has 3 rings (SSSR count). The number of methoxy groups -OCH3 is 1. The van der Waals surface area contributed by atoms with Gasteiger partial charge in [0.2, 0.25) is 0 Å². The van der Waals surface area contributed by atoms with Gasteiger partial charge in [0.05, 0.1) is 17.8 Å². The van der Waals surface area contributed by atoms with Crippen molar-refractivity contribution in [1.29, 1.82) is 0 Å². The summed E-state index contributed by atoms with van der Waals surface area (Å²) in [7, 11) is 7.69. The first-order chi connectivity index (χ1) is 20.5. The van der Waals surface area contributed by atoms with Crippen molar-refractivity contribution in [3.8, 4) is 0 Å². The first-order valence-corrected chi connectivity index (χ1v) is 16.9. The molecule has 256 valence electrons. The lowest BCUT2D eigenvalue weighted by molar-refractivity contribution is -0.295. The zero-order valence-electron chi connectivity index (χ0n) is 29.5. The normalized spacial score (nSPS) is 39.4. The van der Waals surface area contributed by atoms with Crippen LogP contribution in [-0.4, -0.2) is 135 Å². The zero-order valence-corrected chi connectivity index (χ0v) is 29.5. The predicted octanol–water partition coefficient (Wildman–Crippen LogP) is 3.44. The Hall–Kier alpha value is -1.14. The Bertz CT molecular complexity index is 940. The van der Waals surface area contributed by atoms with Gasteiger partial charge in [0.1, 0.15) is 18.1 Å². The van der Waals surface area contributed by atoms with Crippen LogP contribution in [0.15, 0.2) is 0 Å². The Morgan fingerprint density at radius 1 is 1.09 bits per heavy atom. The average Bonchev–Trinajstić information content (AvgIpc) is 2.97. The summed E-state index contributed by atoms with van der Waals surface area (Å²) in [5.74, 6) is -0.771. The van der Waals surface area contributed by atoms with Crippen LogP contribution in [0.1, 0.15) is 80.6 Å². The number of esters is 1. The van der Waals surface area contributed by atoms with Crippen LogP contribution in [0.5, 0.6) is 0 Å². The highest BCUT2D eigenvalue weighted by Gasteiger charge is 2.51. The Labute approximate surface area is 267 Å². The number of hydrogen-bond acceptors (Lipinski definition) is 10. The molecule has 10 nitrogen and oxygen atoms in total. The van der Waals surface area contributed by atoms with Gasteiger partial charge in [-0.1, -0.05) is 20.8 Å². The van der Waals surface area contributed by atoms with Crippen molar-refractivity contribution in [2.45, 2.75) is 123 Å². The fourth-order valence-corrected chi connectivity index (χ4v) is 7.76. The second-order valence-corrected chi connectivity index (χ2v) is 15.1. The maximum atomic E-state index is 14.2. The molecule has 0 aromatic carbocycles. The summed E-state index contributed by atoms with van der Waals surface area (Å²) in [6, 6.07) is -0.0942. The summed E-state index contributed by atoms with van der Waals surface area (Å²) in [4.78, 5) is 34.7. The highest BCUT2D eigenvalue weighted by Crippen LogP contribution is 2.38. The van der Waals surface area contributed by atoms with Gasteiger partial charge in [0.15, 0.2) is 12.1 Å². The third-order valence-corrected chi connectivity index (χ3v) is 10.7. The summed E-state index contributed by atoms with van der Waals surface area (Å²) in [5.41, 5.74) is -2.29. The van der Waals surface area contributed by atoms with Gasteiger partial charge < -0.3 is 33.9 Å². The zero-order chi connectivity index (χ0) is 33.0. The van der Waals surface area contributed by atoms with Crippen molar-refractivity contribution in [2.75, 3.05) is 61.0 Å². The first kappa shape index (κ1) is 37.3. The molecule has 0 unspecified atom stereocenters. The van der Waals surface area contributed by atoms with Crippen LogP contribution in [0.4, 0.5) is 0 Å². The van der Waals surface area contributed by atoms with E-state index in [1.54, 1.807) is 27.9 Å².